The monoisotopic (exact) mass is 253 g/mol. The molecule has 0 aliphatic rings. The Kier molecular flexibility index (Phi) is 5.58. The zero-order chi connectivity index (χ0) is 13.5. The number of hydrogen-bond donors (Lipinski definition) is 1. The summed E-state index contributed by atoms with van der Waals surface area (Å²) in [4.78, 5) is 15.4. The van der Waals surface area contributed by atoms with Gasteiger partial charge in [-0.1, -0.05) is 0 Å². The molecule has 0 bridgehead atoms. The Morgan fingerprint density at radius 3 is 2.44 bits per heavy atom. The average molecular weight is 253 g/mol. The van der Waals surface area contributed by atoms with E-state index >= 15 is 0 Å². The van der Waals surface area contributed by atoms with Crippen molar-refractivity contribution >= 4 is 11.7 Å². The SMILES string of the molecule is CCN(C)C(=O)N(CCCN)c1ccc(F)cc1. The van der Waals surface area contributed by atoms with Crippen LogP contribution in [0.15, 0.2) is 24.3 Å². The van der Waals surface area contributed by atoms with Gasteiger partial charge in [-0.3, -0.25) is 4.90 Å². The highest BCUT2D eigenvalue weighted by Crippen LogP contribution is 2.16. The molecule has 0 aromatic heterocycles. The second-order valence-electron chi connectivity index (χ2n) is 4.07. The Bertz CT molecular complexity index is 380. The molecule has 1 aromatic carbocycles. The Hall–Kier alpha value is -1.62. The maximum Gasteiger partial charge on any atom is 0.324 e. The fraction of sp³-hybridized carbons (Fsp3) is 0.462. The van der Waals surface area contributed by atoms with Gasteiger partial charge >= 0.3 is 6.03 Å². The van der Waals surface area contributed by atoms with Crippen LogP contribution in [0.3, 0.4) is 0 Å². The molecular formula is C13H20FN3O. The van der Waals surface area contributed by atoms with E-state index in [-0.39, 0.29) is 11.8 Å². The second-order valence-corrected chi connectivity index (χ2v) is 4.07. The van der Waals surface area contributed by atoms with Gasteiger partial charge in [-0.15, -0.1) is 0 Å². The summed E-state index contributed by atoms with van der Waals surface area (Å²) in [6.07, 6.45) is 0.709. The number of carbonyl (C=O) groups is 1. The molecule has 2 amide bonds. The number of halogens is 1. The van der Waals surface area contributed by atoms with E-state index in [9.17, 15) is 9.18 Å². The summed E-state index contributed by atoms with van der Waals surface area (Å²) in [6.45, 7) is 3.58. The summed E-state index contributed by atoms with van der Waals surface area (Å²) >= 11 is 0. The Morgan fingerprint density at radius 1 is 1.33 bits per heavy atom. The second kappa shape index (κ2) is 6.96. The van der Waals surface area contributed by atoms with Crippen LogP contribution in [-0.4, -0.2) is 37.6 Å². The Labute approximate surface area is 107 Å². The van der Waals surface area contributed by atoms with E-state index in [4.69, 9.17) is 5.73 Å². The van der Waals surface area contributed by atoms with E-state index in [1.54, 1.807) is 29.0 Å². The minimum absolute atomic E-state index is 0.0995. The fourth-order valence-electron chi connectivity index (χ4n) is 1.55. The van der Waals surface area contributed by atoms with Crippen LogP contribution >= 0.6 is 0 Å². The summed E-state index contributed by atoms with van der Waals surface area (Å²) in [6, 6.07) is 5.81. The molecule has 0 saturated carbocycles. The standard InChI is InChI=1S/C13H20FN3O/c1-3-16(2)13(18)17(10-4-9-15)12-7-5-11(14)6-8-12/h5-8H,3-4,9-10,15H2,1-2H3. The van der Waals surface area contributed by atoms with Gasteiger partial charge in [0.2, 0.25) is 0 Å². The third kappa shape index (κ3) is 3.70. The van der Waals surface area contributed by atoms with Gasteiger partial charge in [0.15, 0.2) is 0 Å². The lowest BCUT2D eigenvalue weighted by atomic mass is 10.2. The molecule has 1 aromatic rings. The topological polar surface area (TPSA) is 49.6 Å². The molecule has 0 radical (unpaired) electrons. The molecule has 0 heterocycles. The molecule has 0 aliphatic heterocycles. The largest absolute Gasteiger partial charge is 0.330 e. The smallest absolute Gasteiger partial charge is 0.324 e. The van der Waals surface area contributed by atoms with Crippen molar-refractivity contribution in [1.82, 2.24) is 4.90 Å². The molecule has 0 saturated heterocycles. The van der Waals surface area contributed by atoms with Crippen LogP contribution in [0.1, 0.15) is 13.3 Å². The van der Waals surface area contributed by atoms with E-state index in [1.165, 1.54) is 12.1 Å². The summed E-state index contributed by atoms with van der Waals surface area (Å²) < 4.78 is 12.9. The first-order valence-electron chi connectivity index (χ1n) is 6.08. The van der Waals surface area contributed by atoms with Crippen molar-refractivity contribution in [3.05, 3.63) is 30.1 Å². The highest BCUT2D eigenvalue weighted by molar-refractivity contribution is 5.91. The predicted octanol–water partition coefficient (Wildman–Crippen LogP) is 2.05. The highest BCUT2D eigenvalue weighted by atomic mass is 19.1. The van der Waals surface area contributed by atoms with Crippen molar-refractivity contribution in [2.24, 2.45) is 5.73 Å². The number of nitrogens with two attached hydrogens (primary N) is 1. The molecule has 100 valence electrons. The number of nitrogens with zero attached hydrogens (tertiary/aromatic N) is 2. The molecule has 5 heteroatoms. The van der Waals surface area contributed by atoms with Crippen LogP contribution in [0, 0.1) is 5.82 Å². The molecule has 0 unspecified atom stereocenters. The number of benzene rings is 1. The zero-order valence-electron chi connectivity index (χ0n) is 10.9. The van der Waals surface area contributed by atoms with Crippen molar-refractivity contribution in [1.29, 1.82) is 0 Å². The Morgan fingerprint density at radius 2 is 1.94 bits per heavy atom. The zero-order valence-corrected chi connectivity index (χ0v) is 10.9. The van der Waals surface area contributed by atoms with Gasteiger partial charge in [-0.2, -0.15) is 0 Å². The number of carbonyl (C=O) groups excluding carboxylic acids is 1. The highest BCUT2D eigenvalue weighted by Gasteiger charge is 2.18. The molecule has 2 N–H and O–H groups in total. The molecule has 18 heavy (non-hydrogen) atoms. The first-order chi connectivity index (χ1) is 8.60. The number of urea groups is 1. The van der Waals surface area contributed by atoms with E-state index in [0.717, 1.165) is 0 Å². The van der Waals surface area contributed by atoms with Crippen molar-refractivity contribution in [3.63, 3.8) is 0 Å². The summed E-state index contributed by atoms with van der Waals surface area (Å²) in [5, 5.41) is 0. The average Bonchev–Trinajstić information content (AvgIpc) is 2.39. The van der Waals surface area contributed by atoms with Crippen molar-refractivity contribution in [2.75, 3.05) is 31.6 Å². The van der Waals surface area contributed by atoms with Crippen LogP contribution in [0.4, 0.5) is 14.9 Å². The maximum absolute atomic E-state index is 12.9. The van der Waals surface area contributed by atoms with Crippen LogP contribution in [0.25, 0.3) is 0 Å². The molecular weight excluding hydrogens is 233 g/mol. The normalized spacial score (nSPS) is 10.2. The fourth-order valence-corrected chi connectivity index (χ4v) is 1.55. The Balaban J connectivity index is 2.90. The number of anilines is 1. The number of rotatable bonds is 5. The van der Waals surface area contributed by atoms with Crippen LogP contribution in [-0.2, 0) is 0 Å². The minimum atomic E-state index is -0.311. The van der Waals surface area contributed by atoms with Gasteiger partial charge in [-0.25, -0.2) is 9.18 Å². The van der Waals surface area contributed by atoms with E-state index in [1.807, 2.05) is 6.92 Å². The number of hydrogen-bond acceptors (Lipinski definition) is 2. The molecule has 0 aliphatic carbocycles. The first-order valence-corrected chi connectivity index (χ1v) is 6.08. The van der Waals surface area contributed by atoms with Gasteiger partial charge in [0.25, 0.3) is 0 Å². The summed E-state index contributed by atoms with van der Waals surface area (Å²) in [5.74, 6) is -0.311. The van der Waals surface area contributed by atoms with Crippen LogP contribution < -0.4 is 10.6 Å². The van der Waals surface area contributed by atoms with Crippen LogP contribution in [0.2, 0.25) is 0 Å². The predicted molar refractivity (Wildman–Crippen MR) is 71.1 cm³/mol. The quantitative estimate of drug-likeness (QED) is 0.873. The van der Waals surface area contributed by atoms with Crippen LogP contribution in [0.5, 0.6) is 0 Å². The van der Waals surface area contributed by atoms with Gasteiger partial charge in [0.05, 0.1) is 0 Å². The van der Waals surface area contributed by atoms with Crippen molar-refractivity contribution in [2.45, 2.75) is 13.3 Å². The van der Waals surface area contributed by atoms with Gasteiger partial charge in [0, 0.05) is 25.8 Å². The van der Waals surface area contributed by atoms with Gasteiger partial charge in [0.1, 0.15) is 5.82 Å². The molecule has 0 atom stereocenters. The first kappa shape index (κ1) is 14.4. The minimum Gasteiger partial charge on any atom is -0.330 e. The summed E-state index contributed by atoms with van der Waals surface area (Å²) in [5.41, 5.74) is 6.17. The third-order valence-corrected chi connectivity index (χ3v) is 2.76. The molecule has 0 spiro atoms. The lowest BCUT2D eigenvalue weighted by Gasteiger charge is -2.27. The van der Waals surface area contributed by atoms with Gasteiger partial charge in [-0.05, 0) is 44.2 Å². The maximum atomic E-state index is 12.9. The summed E-state index contributed by atoms with van der Waals surface area (Å²) in [7, 11) is 1.74. The van der Waals surface area contributed by atoms with Crippen molar-refractivity contribution < 1.29 is 9.18 Å². The van der Waals surface area contributed by atoms with Crippen molar-refractivity contribution in [3.8, 4) is 0 Å². The molecule has 4 nitrogen and oxygen atoms in total. The van der Waals surface area contributed by atoms with Gasteiger partial charge < -0.3 is 10.6 Å². The molecule has 0 fully saturated rings. The van der Waals surface area contributed by atoms with E-state index < -0.39 is 0 Å². The lowest BCUT2D eigenvalue weighted by molar-refractivity contribution is 0.217. The third-order valence-electron chi connectivity index (χ3n) is 2.76. The lowest BCUT2D eigenvalue weighted by Crippen LogP contribution is -2.42. The number of amides is 2. The molecule has 1 rings (SSSR count). The van der Waals surface area contributed by atoms with E-state index in [0.29, 0.717) is 31.7 Å². The van der Waals surface area contributed by atoms with E-state index in [2.05, 4.69) is 0 Å².